The lowest BCUT2D eigenvalue weighted by Crippen LogP contribution is -2.42. The third kappa shape index (κ3) is 4.51. The van der Waals surface area contributed by atoms with Crippen molar-refractivity contribution in [2.24, 2.45) is 5.73 Å². The molecule has 116 valence electrons. The summed E-state index contributed by atoms with van der Waals surface area (Å²) in [7, 11) is 2.01. The number of amides is 1. The van der Waals surface area contributed by atoms with Crippen molar-refractivity contribution < 1.29 is 4.79 Å². The van der Waals surface area contributed by atoms with E-state index in [9.17, 15) is 4.79 Å². The van der Waals surface area contributed by atoms with Gasteiger partial charge in [-0.25, -0.2) is 0 Å². The molecule has 1 fully saturated rings. The van der Waals surface area contributed by atoms with E-state index in [0.717, 1.165) is 43.9 Å². The second-order valence-corrected chi connectivity index (χ2v) is 5.87. The minimum Gasteiger partial charge on any atom is -0.343 e. The number of likely N-dealkylation sites (tertiary alicyclic amines) is 1. The van der Waals surface area contributed by atoms with Gasteiger partial charge in [-0.2, -0.15) is 0 Å². The molecule has 0 bridgehead atoms. The summed E-state index contributed by atoms with van der Waals surface area (Å²) in [5.74, 6) is 0.229. The zero-order chi connectivity index (χ0) is 15.2. The van der Waals surface area contributed by atoms with E-state index in [0.29, 0.717) is 13.0 Å². The Labute approximate surface area is 127 Å². The van der Waals surface area contributed by atoms with E-state index < -0.39 is 0 Å². The largest absolute Gasteiger partial charge is 0.343 e. The average molecular weight is 290 g/mol. The first-order valence-corrected chi connectivity index (χ1v) is 7.70. The van der Waals surface area contributed by atoms with Crippen molar-refractivity contribution in [1.29, 1.82) is 0 Å². The van der Waals surface area contributed by atoms with Crippen molar-refractivity contribution in [3.05, 3.63) is 29.6 Å². The monoisotopic (exact) mass is 290 g/mol. The smallest absolute Gasteiger partial charge is 0.224 e. The highest BCUT2D eigenvalue weighted by molar-refractivity contribution is 5.77. The molecule has 1 aliphatic heterocycles. The molecule has 1 amide bonds. The van der Waals surface area contributed by atoms with Gasteiger partial charge in [-0.3, -0.25) is 14.7 Å². The van der Waals surface area contributed by atoms with Crippen molar-refractivity contribution >= 4 is 5.91 Å². The maximum absolute atomic E-state index is 12.3. The summed E-state index contributed by atoms with van der Waals surface area (Å²) in [4.78, 5) is 20.9. The fourth-order valence-electron chi connectivity index (χ4n) is 2.79. The Bertz CT molecular complexity index is 471. The number of hydrogen-bond acceptors (Lipinski definition) is 4. The summed E-state index contributed by atoms with van der Waals surface area (Å²) in [5, 5.41) is 0. The van der Waals surface area contributed by atoms with Crippen LogP contribution in [0.1, 0.15) is 30.7 Å². The van der Waals surface area contributed by atoms with Crippen molar-refractivity contribution in [3.8, 4) is 0 Å². The van der Waals surface area contributed by atoms with Gasteiger partial charge in [-0.1, -0.05) is 6.07 Å². The third-order valence-electron chi connectivity index (χ3n) is 4.12. The number of pyridine rings is 1. The number of rotatable bonds is 6. The molecule has 2 rings (SSSR count). The van der Waals surface area contributed by atoms with E-state index in [1.165, 1.54) is 0 Å². The van der Waals surface area contributed by atoms with Crippen LogP contribution in [0, 0.1) is 6.92 Å². The summed E-state index contributed by atoms with van der Waals surface area (Å²) >= 11 is 0. The molecular weight excluding hydrogens is 264 g/mol. The van der Waals surface area contributed by atoms with Crippen LogP contribution in [0.5, 0.6) is 0 Å². The molecule has 5 heteroatoms. The molecule has 1 aliphatic rings. The Morgan fingerprint density at radius 2 is 2.14 bits per heavy atom. The Hall–Kier alpha value is -1.46. The van der Waals surface area contributed by atoms with Crippen LogP contribution in [0.2, 0.25) is 0 Å². The lowest BCUT2D eigenvalue weighted by molar-refractivity contribution is -0.131. The van der Waals surface area contributed by atoms with E-state index in [4.69, 9.17) is 5.73 Å². The maximum atomic E-state index is 12.3. The molecule has 1 aromatic heterocycles. The highest BCUT2D eigenvalue weighted by Gasteiger charge is 2.23. The zero-order valence-electron chi connectivity index (χ0n) is 13.1. The molecule has 21 heavy (non-hydrogen) atoms. The van der Waals surface area contributed by atoms with Crippen LogP contribution in [-0.4, -0.2) is 53.4 Å². The second-order valence-electron chi connectivity index (χ2n) is 5.87. The minimum absolute atomic E-state index is 0.0698. The topological polar surface area (TPSA) is 62.5 Å². The Balaban J connectivity index is 1.91. The summed E-state index contributed by atoms with van der Waals surface area (Å²) in [6.45, 7) is 5.00. The third-order valence-corrected chi connectivity index (χ3v) is 4.12. The number of hydrogen-bond donors (Lipinski definition) is 1. The first-order valence-electron chi connectivity index (χ1n) is 7.70. The van der Waals surface area contributed by atoms with Gasteiger partial charge in [0.25, 0.3) is 0 Å². The standard InChI is InChI=1S/C16H26N4O/c1-13-6-5-7-14(18-13)12-19(2)15(11-17)10-16(21)20-8-3-4-9-20/h5-7,15H,3-4,8-12,17H2,1-2H3. The van der Waals surface area contributed by atoms with E-state index in [1.807, 2.05) is 37.1 Å². The normalized spacial score (nSPS) is 16.5. The van der Waals surface area contributed by atoms with E-state index in [1.54, 1.807) is 0 Å². The predicted octanol–water partition coefficient (Wildman–Crippen LogP) is 1.16. The molecule has 0 aliphatic carbocycles. The number of carbonyl (C=O) groups excluding carboxylic acids is 1. The molecule has 0 radical (unpaired) electrons. The Morgan fingerprint density at radius 3 is 2.76 bits per heavy atom. The molecule has 0 spiro atoms. The molecule has 0 saturated carbocycles. The van der Waals surface area contributed by atoms with Crippen molar-refractivity contribution in [1.82, 2.24) is 14.8 Å². The van der Waals surface area contributed by atoms with E-state index in [-0.39, 0.29) is 11.9 Å². The van der Waals surface area contributed by atoms with Gasteiger partial charge < -0.3 is 10.6 Å². The van der Waals surface area contributed by atoms with Gasteiger partial charge in [0.05, 0.1) is 5.69 Å². The van der Waals surface area contributed by atoms with Gasteiger partial charge in [0.15, 0.2) is 0 Å². The van der Waals surface area contributed by atoms with E-state index >= 15 is 0 Å². The lowest BCUT2D eigenvalue weighted by Gasteiger charge is -2.28. The first-order chi connectivity index (χ1) is 10.1. The quantitative estimate of drug-likeness (QED) is 0.854. The average Bonchev–Trinajstić information content (AvgIpc) is 2.98. The molecule has 1 atom stereocenters. The molecule has 1 aromatic rings. The molecule has 5 nitrogen and oxygen atoms in total. The van der Waals surface area contributed by atoms with Gasteiger partial charge in [0.2, 0.25) is 5.91 Å². The molecule has 1 saturated heterocycles. The minimum atomic E-state index is 0.0698. The van der Waals surface area contributed by atoms with Crippen molar-refractivity contribution in [3.63, 3.8) is 0 Å². The van der Waals surface area contributed by atoms with Gasteiger partial charge in [0, 0.05) is 44.3 Å². The first kappa shape index (κ1) is 15.9. The van der Waals surface area contributed by atoms with Crippen molar-refractivity contribution in [2.45, 2.75) is 38.8 Å². The summed E-state index contributed by atoms with van der Waals surface area (Å²) in [6.07, 6.45) is 2.75. The number of nitrogens with two attached hydrogens (primary N) is 1. The highest BCUT2D eigenvalue weighted by atomic mass is 16.2. The van der Waals surface area contributed by atoms with E-state index in [2.05, 4.69) is 9.88 Å². The van der Waals surface area contributed by atoms with Gasteiger partial charge in [0.1, 0.15) is 0 Å². The van der Waals surface area contributed by atoms with Crippen LogP contribution in [0.15, 0.2) is 18.2 Å². The van der Waals surface area contributed by atoms with Crippen LogP contribution in [0.4, 0.5) is 0 Å². The summed E-state index contributed by atoms with van der Waals surface area (Å²) in [6, 6.07) is 6.08. The SMILES string of the molecule is Cc1cccc(CN(C)C(CN)CC(=O)N2CCCC2)n1. The van der Waals surface area contributed by atoms with Crippen LogP contribution in [0.25, 0.3) is 0 Å². The summed E-state index contributed by atoms with van der Waals surface area (Å²) in [5.41, 5.74) is 7.90. The van der Waals surface area contributed by atoms with Crippen molar-refractivity contribution in [2.75, 3.05) is 26.7 Å². The fourth-order valence-corrected chi connectivity index (χ4v) is 2.79. The van der Waals surface area contributed by atoms with Gasteiger partial charge in [-0.05, 0) is 38.9 Å². The molecule has 2 heterocycles. The van der Waals surface area contributed by atoms with Crippen LogP contribution < -0.4 is 5.73 Å². The number of aromatic nitrogens is 1. The molecule has 2 N–H and O–H groups in total. The fraction of sp³-hybridized carbons (Fsp3) is 0.625. The predicted molar refractivity (Wildman–Crippen MR) is 83.7 cm³/mol. The zero-order valence-corrected chi connectivity index (χ0v) is 13.1. The second kappa shape index (κ2) is 7.52. The maximum Gasteiger partial charge on any atom is 0.224 e. The summed E-state index contributed by atoms with van der Waals surface area (Å²) < 4.78 is 0. The Kier molecular flexibility index (Phi) is 5.70. The van der Waals surface area contributed by atoms with Gasteiger partial charge >= 0.3 is 0 Å². The highest BCUT2D eigenvalue weighted by Crippen LogP contribution is 2.13. The number of aryl methyl sites for hydroxylation is 1. The van der Waals surface area contributed by atoms with Crippen LogP contribution in [-0.2, 0) is 11.3 Å². The van der Waals surface area contributed by atoms with Crippen LogP contribution in [0.3, 0.4) is 0 Å². The number of nitrogens with zero attached hydrogens (tertiary/aromatic N) is 3. The molecule has 0 aromatic carbocycles. The van der Waals surface area contributed by atoms with Crippen LogP contribution >= 0.6 is 0 Å². The number of likely N-dealkylation sites (N-methyl/N-ethyl adjacent to an activating group) is 1. The molecular formula is C16H26N4O. The number of carbonyl (C=O) groups is 1. The molecule has 1 unspecified atom stereocenters. The van der Waals surface area contributed by atoms with Gasteiger partial charge in [-0.15, -0.1) is 0 Å². The lowest BCUT2D eigenvalue weighted by atomic mass is 10.1. The Morgan fingerprint density at radius 1 is 1.43 bits per heavy atom.